The lowest BCUT2D eigenvalue weighted by Crippen LogP contribution is -2.17. The van der Waals surface area contributed by atoms with Crippen LogP contribution in [0.4, 0.5) is 0 Å². The first-order valence-electron chi connectivity index (χ1n) is 8.19. The maximum atomic E-state index is 12.3. The smallest absolute Gasteiger partial charge is 0.258 e. The number of pyridine rings is 1. The minimum atomic E-state index is -0.0803. The van der Waals surface area contributed by atoms with Gasteiger partial charge in [0.25, 0.3) is 5.56 Å². The van der Waals surface area contributed by atoms with Crippen LogP contribution in [0, 0.1) is 6.92 Å². The Morgan fingerprint density at radius 1 is 1.44 bits per heavy atom. The molecule has 3 aromatic rings. The van der Waals surface area contributed by atoms with Crippen LogP contribution in [-0.4, -0.2) is 42.3 Å². The summed E-state index contributed by atoms with van der Waals surface area (Å²) in [6.07, 6.45) is 4.02. The Hall–Kier alpha value is -2.26. The van der Waals surface area contributed by atoms with Gasteiger partial charge in [0.2, 0.25) is 5.16 Å². The van der Waals surface area contributed by atoms with Crippen molar-refractivity contribution in [2.24, 2.45) is 0 Å². The normalized spacial score (nSPS) is 17.4. The third kappa shape index (κ3) is 3.42. The minimum absolute atomic E-state index is 0.0803. The molecule has 130 valence electrons. The molecule has 0 aliphatic carbocycles. The van der Waals surface area contributed by atoms with Crippen molar-refractivity contribution in [2.75, 3.05) is 6.61 Å². The number of fused-ring (bicyclic) bond motifs is 1. The fraction of sp³-hybridized carbons (Fsp3) is 0.438. The molecular formula is C16H18N6O2S. The molecular weight excluding hydrogens is 340 g/mol. The molecule has 1 fully saturated rings. The van der Waals surface area contributed by atoms with Crippen LogP contribution in [0.3, 0.4) is 0 Å². The summed E-state index contributed by atoms with van der Waals surface area (Å²) in [6.45, 7) is 3.41. The highest BCUT2D eigenvalue weighted by atomic mass is 32.2. The number of aryl methyl sites for hydroxylation is 1. The summed E-state index contributed by atoms with van der Waals surface area (Å²) in [5.74, 6) is 0.534. The second-order valence-corrected chi connectivity index (χ2v) is 6.98. The standard InChI is InChI=1S/C16H18N6O2S/c1-11-4-2-6-21-14(23)8-12(17-15(11)21)10-25-16-18-19-20-22(16)9-13-5-3-7-24-13/h2,4,6,8,13H,3,5,7,9-10H2,1H3/t13-/m1/s1. The molecule has 0 N–H and O–H groups in total. The molecule has 0 unspecified atom stereocenters. The van der Waals surface area contributed by atoms with Gasteiger partial charge < -0.3 is 4.74 Å². The number of rotatable bonds is 5. The maximum absolute atomic E-state index is 12.3. The van der Waals surface area contributed by atoms with E-state index in [9.17, 15) is 4.79 Å². The summed E-state index contributed by atoms with van der Waals surface area (Å²) in [7, 11) is 0. The molecule has 1 aliphatic rings. The summed E-state index contributed by atoms with van der Waals surface area (Å²) in [4.78, 5) is 16.9. The summed E-state index contributed by atoms with van der Waals surface area (Å²) < 4.78 is 8.96. The number of aromatic nitrogens is 6. The highest BCUT2D eigenvalue weighted by Crippen LogP contribution is 2.21. The highest BCUT2D eigenvalue weighted by Gasteiger charge is 2.19. The second-order valence-electron chi connectivity index (χ2n) is 6.04. The number of tetrazole rings is 1. The van der Waals surface area contributed by atoms with Crippen LogP contribution in [0.5, 0.6) is 0 Å². The molecule has 0 aromatic carbocycles. The van der Waals surface area contributed by atoms with Gasteiger partial charge >= 0.3 is 0 Å². The average molecular weight is 358 g/mol. The second kappa shape index (κ2) is 6.93. The van der Waals surface area contributed by atoms with Gasteiger partial charge in [-0.05, 0) is 41.8 Å². The Morgan fingerprint density at radius 3 is 3.20 bits per heavy atom. The fourth-order valence-electron chi connectivity index (χ4n) is 2.92. The Kier molecular flexibility index (Phi) is 4.50. The Bertz CT molecular complexity index is 947. The largest absolute Gasteiger partial charge is 0.376 e. The molecule has 1 atom stereocenters. The van der Waals surface area contributed by atoms with Crippen molar-refractivity contribution in [3.8, 4) is 0 Å². The molecule has 0 amide bonds. The molecule has 0 bridgehead atoms. The van der Waals surface area contributed by atoms with Crippen molar-refractivity contribution < 1.29 is 4.74 Å². The fourth-order valence-corrected chi connectivity index (χ4v) is 3.70. The molecule has 0 radical (unpaired) electrons. The number of ether oxygens (including phenoxy) is 1. The first-order chi connectivity index (χ1) is 12.2. The van der Waals surface area contributed by atoms with Gasteiger partial charge in [0.15, 0.2) is 0 Å². The van der Waals surface area contributed by atoms with Gasteiger partial charge in [0.1, 0.15) is 5.65 Å². The summed E-state index contributed by atoms with van der Waals surface area (Å²) in [5, 5.41) is 12.6. The SMILES string of the molecule is Cc1cccn2c(=O)cc(CSc3nnnn3C[C@H]3CCCO3)nc12. The van der Waals surface area contributed by atoms with Gasteiger partial charge in [-0.25, -0.2) is 9.67 Å². The lowest BCUT2D eigenvalue weighted by atomic mass is 10.2. The zero-order chi connectivity index (χ0) is 17.2. The first-order valence-corrected chi connectivity index (χ1v) is 9.18. The molecule has 25 heavy (non-hydrogen) atoms. The van der Waals surface area contributed by atoms with Gasteiger partial charge in [-0.1, -0.05) is 17.8 Å². The molecule has 0 saturated carbocycles. The van der Waals surface area contributed by atoms with E-state index in [2.05, 4.69) is 20.5 Å². The van der Waals surface area contributed by atoms with E-state index < -0.39 is 0 Å². The maximum Gasteiger partial charge on any atom is 0.258 e. The average Bonchev–Trinajstić information content (AvgIpc) is 3.26. The van der Waals surface area contributed by atoms with Gasteiger partial charge in [-0.15, -0.1) is 5.10 Å². The molecule has 1 aliphatic heterocycles. The van der Waals surface area contributed by atoms with Gasteiger partial charge in [-0.3, -0.25) is 9.20 Å². The quantitative estimate of drug-likeness (QED) is 0.638. The van der Waals surface area contributed by atoms with Crippen molar-refractivity contribution in [3.05, 3.63) is 46.0 Å². The van der Waals surface area contributed by atoms with E-state index in [0.29, 0.717) is 23.1 Å². The van der Waals surface area contributed by atoms with E-state index in [1.807, 2.05) is 19.1 Å². The third-order valence-corrected chi connectivity index (χ3v) is 5.18. The molecule has 4 heterocycles. The number of hydrogen-bond donors (Lipinski definition) is 0. The summed E-state index contributed by atoms with van der Waals surface area (Å²) >= 11 is 1.47. The Morgan fingerprint density at radius 2 is 2.36 bits per heavy atom. The van der Waals surface area contributed by atoms with Crippen LogP contribution in [0.2, 0.25) is 0 Å². The Labute approximate surface area is 148 Å². The highest BCUT2D eigenvalue weighted by molar-refractivity contribution is 7.98. The predicted octanol–water partition coefficient (Wildman–Crippen LogP) is 1.46. The lowest BCUT2D eigenvalue weighted by molar-refractivity contribution is 0.0912. The molecule has 1 saturated heterocycles. The van der Waals surface area contributed by atoms with E-state index in [-0.39, 0.29) is 11.7 Å². The number of thioether (sulfide) groups is 1. The molecule has 9 heteroatoms. The van der Waals surface area contributed by atoms with Gasteiger partial charge in [0.05, 0.1) is 18.3 Å². The van der Waals surface area contributed by atoms with Crippen molar-refractivity contribution in [1.82, 2.24) is 29.6 Å². The topological polar surface area (TPSA) is 87.2 Å². The lowest BCUT2D eigenvalue weighted by Gasteiger charge is -2.10. The monoisotopic (exact) mass is 358 g/mol. The van der Waals surface area contributed by atoms with E-state index in [4.69, 9.17) is 4.74 Å². The van der Waals surface area contributed by atoms with Crippen molar-refractivity contribution in [1.29, 1.82) is 0 Å². The first kappa shape index (κ1) is 16.2. The number of nitrogens with zero attached hydrogens (tertiary/aromatic N) is 6. The zero-order valence-corrected chi connectivity index (χ0v) is 14.6. The van der Waals surface area contributed by atoms with E-state index in [1.165, 1.54) is 11.8 Å². The molecule has 0 spiro atoms. The van der Waals surface area contributed by atoms with Gasteiger partial charge in [0, 0.05) is 24.6 Å². The van der Waals surface area contributed by atoms with Crippen molar-refractivity contribution >= 4 is 17.4 Å². The van der Waals surface area contributed by atoms with E-state index >= 15 is 0 Å². The summed E-state index contributed by atoms with van der Waals surface area (Å²) in [6, 6.07) is 5.35. The molecule has 8 nitrogen and oxygen atoms in total. The van der Waals surface area contributed by atoms with Crippen LogP contribution >= 0.6 is 11.8 Å². The van der Waals surface area contributed by atoms with Crippen LogP contribution in [0.1, 0.15) is 24.1 Å². The van der Waals surface area contributed by atoms with Crippen LogP contribution in [0.25, 0.3) is 5.65 Å². The molecule has 4 rings (SSSR count). The number of hydrogen-bond acceptors (Lipinski definition) is 7. The van der Waals surface area contributed by atoms with E-state index in [0.717, 1.165) is 30.7 Å². The summed E-state index contributed by atoms with van der Waals surface area (Å²) in [5.41, 5.74) is 2.29. The third-order valence-electron chi connectivity index (χ3n) is 4.19. The van der Waals surface area contributed by atoms with E-state index in [1.54, 1.807) is 21.3 Å². The Balaban J connectivity index is 1.52. The van der Waals surface area contributed by atoms with Crippen molar-refractivity contribution in [3.63, 3.8) is 0 Å². The molecule has 3 aromatic heterocycles. The predicted molar refractivity (Wildman–Crippen MR) is 92.6 cm³/mol. The van der Waals surface area contributed by atoms with Gasteiger partial charge in [-0.2, -0.15) is 0 Å². The van der Waals surface area contributed by atoms with Crippen LogP contribution in [0.15, 0.2) is 34.3 Å². The zero-order valence-electron chi connectivity index (χ0n) is 13.8. The van der Waals surface area contributed by atoms with Crippen LogP contribution in [-0.2, 0) is 17.0 Å². The minimum Gasteiger partial charge on any atom is -0.376 e. The van der Waals surface area contributed by atoms with Crippen LogP contribution < -0.4 is 5.56 Å². The van der Waals surface area contributed by atoms with Crippen molar-refractivity contribution in [2.45, 2.75) is 43.3 Å².